The molecular weight excluding hydrogens is 213 g/mol. The van der Waals surface area contributed by atoms with Crippen molar-refractivity contribution in [3.05, 3.63) is 0 Å². The van der Waals surface area contributed by atoms with Crippen LogP contribution in [0.3, 0.4) is 0 Å². The van der Waals surface area contributed by atoms with Crippen molar-refractivity contribution >= 4 is 30.7 Å². The summed E-state index contributed by atoms with van der Waals surface area (Å²) in [5.74, 6) is -4.42. The maximum Gasteiger partial charge on any atom is 0.336 e. The Bertz CT molecular complexity index is 156. The number of amides is 1. The number of rotatable bonds is 0. The van der Waals surface area contributed by atoms with E-state index in [4.69, 9.17) is 0 Å². The van der Waals surface area contributed by atoms with Crippen LogP contribution in [0.5, 0.6) is 0 Å². The van der Waals surface area contributed by atoms with Gasteiger partial charge in [0, 0.05) is 13.1 Å². The van der Waals surface area contributed by atoms with Crippen molar-refractivity contribution < 1.29 is 13.6 Å². The van der Waals surface area contributed by atoms with E-state index in [9.17, 15) is 13.6 Å². The second-order valence-electron chi connectivity index (χ2n) is 2.14. The molecule has 0 saturated carbocycles. The van der Waals surface area contributed by atoms with Gasteiger partial charge in [-0.2, -0.15) is 8.78 Å². The van der Waals surface area contributed by atoms with E-state index in [0.29, 0.717) is 6.54 Å². The summed E-state index contributed by atoms with van der Waals surface area (Å²) < 4.78 is 24.8. The largest absolute Gasteiger partial charge is 0.350 e. The van der Waals surface area contributed by atoms with Crippen LogP contribution in [0.4, 0.5) is 8.78 Å². The number of nitrogens with one attached hydrogen (secondary N) is 2. The van der Waals surface area contributed by atoms with Crippen molar-refractivity contribution in [1.29, 1.82) is 0 Å². The van der Waals surface area contributed by atoms with Crippen molar-refractivity contribution in [1.82, 2.24) is 10.6 Å². The van der Waals surface area contributed by atoms with Gasteiger partial charge in [0.1, 0.15) is 0 Å². The van der Waals surface area contributed by atoms with Crippen molar-refractivity contribution in [3.8, 4) is 0 Å². The molecule has 0 aromatic rings. The number of carbonyl (C=O) groups excluding carboxylic acids is 1. The van der Waals surface area contributed by atoms with E-state index >= 15 is 0 Å². The zero-order chi connectivity index (χ0) is 7.61. The zero-order valence-corrected chi connectivity index (χ0v) is 7.73. The zero-order valence-electron chi connectivity index (χ0n) is 6.10. The summed E-state index contributed by atoms with van der Waals surface area (Å²) in [4.78, 5) is 10.4. The highest BCUT2D eigenvalue weighted by Crippen LogP contribution is 2.12. The van der Waals surface area contributed by atoms with Crippen LogP contribution in [0.25, 0.3) is 0 Å². The number of hydrogen-bond donors (Lipinski definition) is 2. The fourth-order valence-electron chi connectivity index (χ4n) is 0.719. The summed E-state index contributed by atoms with van der Waals surface area (Å²) in [5.41, 5.74) is 0. The Morgan fingerprint density at radius 1 is 1.25 bits per heavy atom. The average Bonchev–Trinajstić information content (AvgIpc) is 1.96. The van der Waals surface area contributed by atoms with Crippen LogP contribution in [0.2, 0.25) is 0 Å². The van der Waals surface area contributed by atoms with E-state index in [0.717, 1.165) is 0 Å². The molecule has 1 saturated heterocycles. The van der Waals surface area contributed by atoms with E-state index in [-0.39, 0.29) is 31.4 Å². The molecule has 74 valence electrons. The third kappa shape index (κ3) is 3.51. The monoisotopic (exact) mass is 222 g/mol. The van der Waals surface area contributed by atoms with E-state index in [1.165, 1.54) is 0 Å². The number of carbonyl (C=O) groups is 1. The van der Waals surface area contributed by atoms with Gasteiger partial charge in [0.05, 0.1) is 6.54 Å². The number of hydrogen-bond acceptors (Lipinski definition) is 2. The quantitative estimate of drug-likeness (QED) is 0.615. The van der Waals surface area contributed by atoms with Gasteiger partial charge in [0.15, 0.2) is 0 Å². The van der Waals surface area contributed by atoms with Crippen LogP contribution in [0.15, 0.2) is 0 Å². The van der Waals surface area contributed by atoms with Gasteiger partial charge in [-0.25, -0.2) is 0 Å². The highest BCUT2D eigenvalue weighted by molar-refractivity contribution is 5.85. The molecule has 1 aliphatic heterocycles. The molecule has 1 heterocycles. The second-order valence-corrected chi connectivity index (χ2v) is 2.14. The molecule has 0 spiro atoms. The SMILES string of the molecule is Cl.Cl.O=C1NCCNCC1(F)F. The summed E-state index contributed by atoms with van der Waals surface area (Å²) in [6.45, 7) is 0.120. The molecule has 1 aliphatic rings. The third-order valence-corrected chi connectivity index (χ3v) is 1.27. The first-order valence-corrected chi connectivity index (χ1v) is 3.00. The molecule has 0 aromatic heterocycles. The van der Waals surface area contributed by atoms with E-state index in [2.05, 4.69) is 10.6 Å². The molecule has 1 rings (SSSR count). The first kappa shape index (κ1) is 14.4. The lowest BCUT2D eigenvalue weighted by Crippen LogP contribution is -2.42. The average molecular weight is 223 g/mol. The standard InChI is InChI=1S/C5H8F2N2O.2ClH/c6-5(7)3-8-1-2-9-4(5)10;;/h8H,1-3H2,(H,9,10);2*1H. The van der Waals surface area contributed by atoms with E-state index in [1.807, 2.05) is 0 Å². The van der Waals surface area contributed by atoms with Crippen LogP contribution < -0.4 is 10.6 Å². The molecule has 3 nitrogen and oxygen atoms in total. The number of halogens is 4. The molecule has 0 radical (unpaired) electrons. The smallest absolute Gasteiger partial charge is 0.336 e. The van der Waals surface area contributed by atoms with Crippen LogP contribution >= 0.6 is 24.8 Å². The summed E-state index contributed by atoms with van der Waals surface area (Å²) in [5, 5.41) is 4.52. The Morgan fingerprint density at radius 3 is 2.42 bits per heavy atom. The lowest BCUT2D eigenvalue weighted by atomic mass is 10.3. The predicted octanol–water partition coefficient (Wildman–Crippen LogP) is 0.185. The van der Waals surface area contributed by atoms with Crippen LogP contribution in [0, 0.1) is 0 Å². The topological polar surface area (TPSA) is 41.1 Å². The predicted molar refractivity (Wildman–Crippen MR) is 45.3 cm³/mol. The fraction of sp³-hybridized carbons (Fsp3) is 0.800. The Hall–Kier alpha value is -0.130. The minimum atomic E-state index is -3.24. The molecule has 0 atom stereocenters. The van der Waals surface area contributed by atoms with Gasteiger partial charge in [-0.15, -0.1) is 24.8 Å². The second kappa shape index (κ2) is 5.50. The van der Waals surface area contributed by atoms with Crippen LogP contribution in [0.1, 0.15) is 0 Å². The Kier molecular flexibility index (Phi) is 6.60. The molecule has 0 aliphatic carbocycles. The lowest BCUT2D eigenvalue weighted by Gasteiger charge is -2.10. The highest BCUT2D eigenvalue weighted by Gasteiger charge is 2.39. The molecule has 0 unspecified atom stereocenters. The molecule has 0 aromatic carbocycles. The fourth-order valence-corrected chi connectivity index (χ4v) is 0.719. The third-order valence-electron chi connectivity index (χ3n) is 1.27. The highest BCUT2D eigenvalue weighted by atomic mass is 35.5. The van der Waals surface area contributed by atoms with E-state index < -0.39 is 18.4 Å². The van der Waals surface area contributed by atoms with Gasteiger partial charge in [-0.3, -0.25) is 4.79 Å². The molecule has 2 N–H and O–H groups in total. The van der Waals surface area contributed by atoms with Gasteiger partial charge >= 0.3 is 5.92 Å². The van der Waals surface area contributed by atoms with Crippen LogP contribution in [-0.2, 0) is 4.79 Å². The summed E-state index contributed by atoms with van der Waals surface area (Å²) in [6.07, 6.45) is 0. The minimum Gasteiger partial charge on any atom is -0.350 e. The summed E-state index contributed by atoms with van der Waals surface area (Å²) in [6, 6.07) is 0. The molecule has 1 fully saturated rings. The Morgan fingerprint density at radius 2 is 1.83 bits per heavy atom. The molecular formula is C5H10Cl2F2N2O. The normalized spacial score (nSPS) is 21.0. The van der Waals surface area contributed by atoms with Crippen molar-refractivity contribution in [2.24, 2.45) is 0 Å². The molecule has 12 heavy (non-hydrogen) atoms. The van der Waals surface area contributed by atoms with Crippen molar-refractivity contribution in [3.63, 3.8) is 0 Å². The van der Waals surface area contributed by atoms with Crippen molar-refractivity contribution in [2.75, 3.05) is 19.6 Å². The lowest BCUT2D eigenvalue weighted by molar-refractivity contribution is -0.143. The van der Waals surface area contributed by atoms with Gasteiger partial charge in [0.2, 0.25) is 0 Å². The van der Waals surface area contributed by atoms with Crippen molar-refractivity contribution in [2.45, 2.75) is 5.92 Å². The Balaban J connectivity index is 0. The van der Waals surface area contributed by atoms with Gasteiger partial charge in [-0.05, 0) is 0 Å². The molecule has 7 heteroatoms. The first-order valence-electron chi connectivity index (χ1n) is 3.00. The maximum absolute atomic E-state index is 12.4. The van der Waals surface area contributed by atoms with Crippen LogP contribution in [-0.4, -0.2) is 31.5 Å². The number of alkyl halides is 2. The van der Waals surface area contributed by atoms with E-state index in [1.54, 1.807) is 0 Å². The Labute approximate surface area is 81.1 Å². The molecule has 1 amide bonds. The van der Waals surface area contributed by atoms with Gasteiger partial charge in [0.25, 0.3) is 5.91 Å². The maximum atomic E-state index is 12.4. The summed E-state index contributed by atoms with van der Waals surface area (Å²) >= 11 is 0. The van der Waals surface area contributed by atoms with Gasteiger partial charge < -0.3 is 10.6 Å². The summed E-state index contributed by atoms with van der Waals surface area (Å²) in [7, 11) is 0. The minimum absolute atomic E-state index is 0. The van der Waals surface area contributed by atoms with Gasteiger partial charge in [-0.1, -0.05) is 0 Å². The first-order chi connectivity index (χ1) is 4.63. The molecule has 0 bridgehead atoms.